The number of aromatic nitrogens is 3. The zero-order valence-electron chi connectivity index (χ0n) is 27.6. The van der Waals surface area contributed by atoms with Crippen molar-refractivity contribution in [2.75, 3.05) is 0 Å². The van der Waals surface area contributed by atoms with Crippen LogP contribution in [-0.2, 0) is 0 Å². The molecule has 0 amide bonds. The molecule has 0 unspecified atom stereocenters. The Morgan fingerprint density at radius 1 is 0.275 bits per heavy atom. The minimum atomic E-state index is 1.16. The smallest absolute Gasteiger partial charge is 0.0641 e. The molecule has 0 aliphatic carbocycles. The van der Waals surface area contributed by atoms with E-state index in [0.717, 1.165) is 5.69 Å². The van der Waals surface area contributed by atoms with Crippen molar-refractivity contribution in [3.8, 4) is 22.5 Å². The largest absolute Gasteiger partial charge is 0.309 e. The van der Waals surface area contributed by atoms with Gasteiger partial charge < -0.3 is 13.5 Å². The average molecular weight is 648 g/mol. The number of hydrogen-bond donors (Lipinski definition) is 0. The first-order chi connectivity index (χ1) is 25.3. The van der Waals surface area contributed by atoms with E-state index in [1.54, 1.807) is 0 Å². The van der Waals surface area contributed by atoms with Gasteiger partial charge in [-0.25, -0.2) is 0 Å². The van der Waals surface area contributed by atoms with Crippen molar-refractivity contribution in [1.29, 1.82) is 0 Å². The summed E-state index contributed by atoms with van der Waals surface area (Å²) >= 11 is 0. The third kappa shape index (κ3) is 3.52. The molecule has 0 fully saturated rings. The van der Waals surface area contributed by atoms with Crippen molar-refractivity contribution in [2.24, 2.45) is 0 Å². The summed E-state index contributed by atoms with van der Waals surface area (Å²) in [6, 6.07) is 64.6. The molecule has 0 bridgehead atoms. The molecular formula is C48H29N3. The van der Waals surface area contributed by atoms with Crippen LogP contribution in [0.25, 0.3) is 104 Å². The molecule has 0 aliphatic heterocycles. The van der Waals surface area contributed by atoms with Gasteiger partial charge in [-0.15, -0.1) is 0 Å². The summed E-state index contributed by atoms with van der Waals surface area (Å²) in [4.78, 5) is 0. The van der Waals surface area contributed by atoms with E-state index in [9.17, 15) is 0 Å². The molecular weight excluding hydrogens is 619 g/mol. The molecule has 4 aromatic heterocycles. The molecule has 0 aliphatic rings. The topological polar surface area (TPSA) is 14.3 Å². The Bertz CT molecular complexity index is 3270. The maximum absolute atomic E-state index is 2.53. The van der Waals surface area contributed by atoms with Crippen LogP contribution >= 0.6 is 0 Å². The maximum atomic E-state index is 2.53. The molecule has 3 heteroatoms. The van der Waals surface area contributed by atoms with E-state index >= 15 is 0 Å². The lowest BCUT2D eigenvalue weighted by Gasteiger charge is -2.12. The van der Waals surface area contributed by atoms with Gasteiger partial charge in [0.25, 0.3) is 0 Å². The van der Waals surface area contributed by atoms with Crippen molar-refractivity contribution < 1.29 is 0 Å². The standard InChI is InChI=1S/C48H29N3/c1-2-13-30(14-3-1)31-15-12-16-32(27-31)49-44-24-11-7-20-38(44)46-45(49)26-25-37-34-17-4-8-21-41(34)50(48(37)46)33-28-39-35-18-5-9-22-42(35)51-43-23-10-6-19-36(43)40(29-33)47(39)51/h1-29H. The third-order valence-electron chi connectivity index (χ3n) is 11.1. The van der Waals surface area contributed by atoms with E-state index in [0.29, 0.717) is 0 Å². The van der Waals surface area contributed by atoms with Crippen molar-refractivity contribution in [1.82, 2.24) is 13.5 Å². The van der Waals surface area contributed by atoms with Gasteiger partial charge in [-0.05, 0) is 65.7 Å². The molecule has 0 atom stereocenters. The lowest BCUT2D eigenvalue weighted by atomic mass is 10.1. The van der Waals surface area contributed by atoms with Gasteiger partial charge in [0.2, 0.25) is 0 Å². The minimum absolute atomic E-state index is 1.16. The molecule has 0 N–H and O–H groups in total. The molecule has 8 aromatic carbocycles. The van der Waals surface area contributed by atoms with Gasteiger partial charge in [-0.2, -0.15) is 0 Å². The lowest BCUT2D eigenvalue weighted by molar-refractivity contribution is 1.18. The maximum Gasteiger partial charge on any atom is 0.0641 e. The lowest BCUT2D eigenvalue weighted by Crippen LogP contribution is -1.96. The molecule has 0 saturated carbocycles. The SMILES string of the molecule is c1ccc(-c2cccc(-n3c4ccccc4c4c3ccc3c5ccccc5n(-c5cc6c7ccccc7n7c8ccccc8c(c5)c67)c34)c2)cc1. The molecule has 4 heterocycles. The zero-order valence-corrected chi connectivity index (χ0v) is 27.6. The van der Waals surface area contributed by atoms with Gasteiger partial charge in [0.1, 0.15) is 0 Å². The van der Waals surface area contributed by atoms with E-state index in [2.05, 4.69) is 189 Å². The van der Waals surface area contributed by atoms with Gasteiger partial charge in [0, 0.05) is 54.5 Å². The van der Waals surface area contributed by atoms with Gasteiger partial charge in [0.05, 0.1) is 38.6 Å². The normalized spacial score (nSPS) is 12.3. The highest BCUT2D eigenvalue weighted by atomic mass is 15.0. The summed E-state index contributed by atoms with van der Waals surface area (Å²) in [5, 5.41) is 10.2. The quantitative estimate of drug-likeness (QED) is 0.181. The number of para-hydroxylation sites is 4. The Morgan fingerprint density at radius 2 is 0.824 bits per heavy atom. The van der Waals surface area contributed by atoms with Crippen LogP contribution in [0, 0.1) is 0 Å². The van der Waals surface area contributed by atoms with E-state index in [-0.39, 0.29) is 0 Å². The average Bonchev–Trinajstić information content (AvgIpc) is 3.92. The van der Waals surface area contributed by atoms with Crippen molar-refractivity contribution >= 4 is 81.7 Å². The molecule has 12 rings (SSSR count). The van der Waals surface area contributed by atoms with Gasteiger partial charge in [-0.1, -0.05) is 121 Å². The van der Waals surface area contributed by atoms with Crippen LogP contribution in [0.15, 0.2) is 176 Å². The summed E-state index contributed by atoms with van der Waals surface area (Å²) in [7, 11) is 0. The highest BCUT2D eigenvalue weighted by Crippen LogP contribution is 2.45. The first-order valence-electron chi connectivity index (χ1n) is 17.6. The summed E-state index contributed by atoms with van der Waals surface area (Å²) in [6.07, 6.45) is 0. The number of benzene rings is 8. The number of hydrogen-bond acceptors (Lipinski definition) is 0. The highest BCUT2D eigenvalue weighted by Gasteiger charge is 2.23. The molecule has 0 spiro atoms. The van der Waals surface area contributed by atoms with E-state index < -0.39 is 0 Å². The van der Waals surface area contributed by atoms with E-state index in [1.165, 1.54) is 98.5 Å². The van der Waals surface area contributed by atoms with Gasteiger partial charge in [-0.3, -0.25) is 0 Å². The first-order valence-corrected chi connectivity index (χ1v) is 17.6. The molecule has 51 heavy (non-hydrogen) atoms. The van der Waals surface area contributed by atoms with Crippen LogP contribution < -0.4 is 0 Å². The highest BCUT2D eigenvalue weighted by molar-refractivity contribution is 6.27. The van der Waals surface area contributed by atoms with Gasteiger partial charge in [0.15, 0.2) is 0 Å². The Morgan fingerprint density at radius 3 is 1.51 bits per heavy atom. The summed E-state index contributed by atoms with van der Waals surface area (Å²) in [6.45, 7) is 0. The second-order valence-corrected chi connectivity index (χ2v) is 13.7. The third-order valence-corrected chi connectivity index (χ3v) is 11.1. The zero-order chi connectivity index (χ0) is 33.2. The monoisotopic (exact) mass is 647 g/mol. The number of nitrogens with zero attached hydrogens (tertiary/aromatic N) is 3. The van der Waals surface area contributed by atoms with Gasteiger partial charge >= 0.3 is 0 Å². The Labute approximate surface area is 292 Å². The fraction of sp³-hybridized carbons (Fsp3) is 0. The summed E-state index contributed by atoms with van der Waals surface area (Å²) < 4.78 is 7.44. The minimum Gasteiger partial charge on any atom is -0.309 e. The van der Waals surface area contributed by atoms with Crippen molar-refractivity contribution in [2.45, 2.75) is 0 Å². The fourth-order valence-electron chi connectivity index (χ4n) is 9.07. The van der Waals surface area contributed by atoms with Crippen LogP contribution in [0.5, 0.6) is 0 Å². The second kappa shape index (κ2) is 9.87. The Balaban J connectivity index is 1.24. The molecule has 0 saturated heterocycles. The Hall–Kier alpha value is -6.84. The summed E-state index contributed by atoms with van der Waals surface area (Å²) in [5.74, 6) is 0. The Kier molecular flexibility index (Phi) is 5.23. The van der Waals surface area contributed by atoms with Crippen molar-refractivity contribution in [3.05, 3.63) is 176 Å². The fourth-order valence-corrected chi connectivity index (χ4v) is 9.07. The van der Waals surface area contributed by atoms with Crippen LogP contribution in [0.4, 0.5) is 0 Å². The van der Waals surface area contributed by atoms with Crippen LogP contribution in [0.1, 0.15) is 0 Å². The number of fused-ring (bicyclic) bond motifs is 13. The summed E-state index contributed by atoms with van der Waals surface area (Å²) in [5.41, 5.74) is 13.4. The van der Waals surface area contributed by atoms with E-state index in [4.69, 9.17) is 0 Å². The number of rotatable bonds is 3. The predicted octanol–water partition coefficient (Wildman–Crippen LogP) is 12.7. The molecule has 0 radical (unpaired) electrons. The van der Waals surface area contributed by atoms with Crippen molar-refractivity contribution in [3.63, 3.8) is 0 Å². The molecule has 3 nitrogen and oxygen atoms in total. The first kappa shape index (κ1) is 27.0. The molecule has 236 valence electrons. The predicted molar refractivity (Wildman–Crippen MR) is 215 cm³/mol. The van der Waals surface area contributed by atoms with Crippen LogP contribution in [0.3, 0.4) is 0 Å². The van der Waals surface area contributed by atoms with Crippen LogP contribution in [-0.4, -0.2) is 13.5 Å². The van der Waals surface area contributed by atoms with E-state index in [1.807, 2.05) is 0 Å². The second-order valence-electron chi connectivity index (χ2n) is 13.7. The van der Waals surface area contributed by atoms with Crippen LogP contribution in [0.2, 0.25) is 0 Å². The molecule has 12 aromatic rings.